The number of urea groups is 1. The molecule has 0 fully saturated rings. The van der Waals surface area contributed by atoms with Crippen molar-refractivity contribution in [2.24, 2.45) is 0 Å². The summed E-state index contributed by atoms with van der Waals surface area (Å²) >= 11 is 0. The normalized spacial score (nSPS) is 11.5. The van der Waals surface area contributed by atoms with Crippen LogP contribution in [0.5, 0.6) is 0 Å². The van der Waals surface area contributed by atoms with Crippen LogP contribution in [0.4, 0.5) is 32.4 Å². The molecule has 0 aliphatic heterocycles. The van der Waals surface area contributed by atoms with E-state index in [1.165, 1.54) is 30.5 Å². The maximum absolute atomic E-state index is 14.5. The molecule has 2 aromatic heterocycles. The van der Waals surface area contributed by atoms with E-state index in [4.69, 9.17) is 0 Å². The van der Waals surface area contributed by atoms with Gasteiger partial charge in [-0.25, -0.2) is 18.6 Å². The Morgan fingerprint density at radius 2 is 1.72 bits per heavy atom. The summed E-state index contributed by atoms with van der Waals surface area (Å²) in [6.07, 6.45) is -1.43. The Bertz CT molecular complexity index is 1280. The van der Waals surface area contributed by atoms with Crippen LogP contribution >= 0.6 is 0 Å². The molecular formula is C22H15F5N4O. The van der Waals surface area contributed by atoms with E-state index in [1.54, 1.807) is 40.2 Å². The zero-order valence-corrected chi connectivity index (χ0v) is 16.3. The van der Waals surface area contributed by atoms with Gasteiger partial charge in [-0.1, -0.05) is 12.1 Å². The Morgan fingerprint density at radius 3 is 2.44 bits per heavy atom. The Hall–Kier alpha value is -3.95. The third kappa shape index (κ3) is 4.69. The Balaban J connectivity index is 1.61. The number of fused-ring (bicyclic) bond motifs is 1. The highest BCUT2D eigenvalue weighted by atomic mass is 19.4. The number of imidazole rings is 1. The second kappa shape index (κ2) is 8.29. The topological polar surface area (TPSA) is 58.4 Å². The first-order chi connectivity index (χ1) is 15.2. The van der Waals surface area contributed by atoms with Crippen molar-refractivity contribution in [3.05, 3.63) is 78.6 Å². The van der Waals surface area contributed by atoms with Gasteiger partial charge in [0.15, 0.2) is 0 Å². The molecule has 0 saturated carbocycles. The highest BCUT2D eigenvalue weighted by Crippen LogP contribution is 2.29. The van der Waals surface area contributed by atoms with E-state index in [1.807, 2.05) is 0 Å². The average molecular weight is 446 g/mol. The van der Waals surface area contributed by atoms with Crippen LogP contribution in [0, 0.1) is 11.6 Å². The quantitative estimate of drug-likeness (QED) is 0.399. The van der Waals surface area contributed by atoms with Crippen molar-refractivity contribution >= 4 is 17.4 Å². The lowest BCUT2D eigenvalue weighted by Gasteiger charge is -2.11. The molecule has 4 rings (SSSR count). The zero-order valence-electron chi connectivity index (χ0n) is 16.3. The number of pyridine rings is 1. The summed E-state index contributed by atoms with van der Waals surface area (Å²) in [5, 5.41) is 3.94. The van der Waals surface area contributed by atoms with Crippen LogP contribution < -0.4 is 10.6 Å². The Labute approximate surface area is 178 Å². The van der Waals surface area contributed by atoms with Crippen molar-refractivity contribution in [3.63, 3.8) is 0 Å². The molecule has 0 aliphatic carbocycles. The molecule has 0 aliphatic rings. The first-order valence-electron chi connectivity index (χ1n) is 9.34. The lowest BCUT2D eigenvalue weighted by Crippen LogP contribution is -2.36. The number of aromatic nitrogens is 2. The van der Waals surface area contributed by atoms with E-state index < -0.39 is 24.6 Å². The number of alkyl halides is 3. The fourth-order valence-corrected chi connectivity index (χ4v) is 3.16. The van der Waals surface area contributed by atoms with Crippen LogP contribution in [0.25, 0.3) is 28.0 Å². The molecule has 4 aromatic rings. The number of anilines is 1. The van der Waals surface area contributed by atoms with Crippen molar-refractivity contribution in [1.29, 1.82) is 0 Å². The number of rotatable bonds is 4. The van der Waals surface area contributed by atoms with Gasteiger partial charge in [0.1, 0.15) is 23.8 Å². The lowest BCUT2D eigenvalue weighted by molar-refractivity contribution is -0.122. The fourth-order valence-electron chi connectivity index (χ4n) is 3.16. The molecule has 2 amide bonds. The van der Waals surface area contributed by atoms with Gasteiger partial charge >= 0.3 is 12.2 Å². The smallest absolute Gasteiger partial charge is 0.329 e. The third-order valence-corrected chi connectivity index (χ3v) is 4.64. The second-order valence-electron chi connectivity index (χ2n) is 6.91. The average Bonchev–Trinajstić information content (AvgIpc) is 3.17. The molecule has 0 bridgehead atoms. The minimum Gasteiger partial charge on any atom is -0.329 e. The van der Waals surface area contributed by atoms with Gasteiger partial charge < -0.3 is 10.6 Å². The van der Waals surface area contributed by atoms with E-state index in [0.29, 0.717) is 11.3 Å². The number of carbonyl (C=O) groups excluding carboxylic acids is 1. The maximum Gasteiger partial charge on any atom is 0.405 e. The van der Waals surface area contributed by atoms with Gasteiger partial charge in [0, 0.05) is 17.4 Å². The molecule has 0 spiro atoms. The number of nitrogens with one attached hydrogen (secondary N) is 2. The molecule has 164 valence electrons. The minimum atomic E-state index is -4.55. The molecule has 5 nitrogen and oxygen atoms in total. The molecule has 0 atom stereocenters. The monoisotopic (exact) mass is 446 g/mol. The molecule has 32 heavy (non-hydrogen) atoms. The largest absolute Gasteiger partial charge is 0.405 e. The number of halogens is 5. The van der Waals surface area contributed by atoms with Crippen LogP contribution in [0.3, 0.4) is 0 Å². The van der Waals surface area contributed by atoms with Crippen molar-refractivity contribution in [2.75, 3.05) is 11.9 Å². The SMILES string of the molecule is O=C(NCC(F)(F)F)Nc1ccc(F)c(-c2cnc3cc(-c4ccc(F)cc4)ccn23)c1. The van der Waals surface area contributed by atoms with Crippen LogP contribution in [0.2, 0.25) is 0 Å². The summed E-state index contributed by atoms with van der Waals surface area (Å²) in [4.78, 5) is 16.0. The Morgan fingerprint density at radius 1 is 0.969 bits per heavy atom. The Kier molecular flexibility index (Phi) is 5.52. The van der Waals surface area contributed by atoms with Crippen molar-refractivity contribution in [2.45, 2.75) is 6.18 Å². The molecule has 0 unspecified atom stereocenters. The number of hydrogen-bond donors (Lipinski definition) is 2. The molecule has 2 N–H and O–H groups in total. The summed E-state index contributed by atoms with van der Waals surface area (Å²) in [6, 6.07) is 12.0. The van der Waals surface area contributed by atoms with Gasteiger partial charge in [-0.2, -0.15) is 13.2 Å². The molecule has 0 radical (unpaired) electrons. The van der Waals surface area contributed by atoms with Crippen molar-refractivity contribution in [3.8, 4) is 22.4 Å². The molecule has 10 heteroatoms. The van der Waals surface area contributed by atoms with E-state index in [9.17, 15) is 26.7 Å². The van der Waals surface area contributed by atoms with E-state index in [-0.39, 0.29) is 17.1 Å². The standard InChI is InChI=1S/C22H15F5N4O/c23-15-3-1-13(2-4-15)14-7-8-31-19(11-28-20(31)9-14)17-10-16(5-6-18(17)24)30-21(32)29-12-22(25,26)27/h1-11H,12H2,(H2,29,30,32). The van der Waals surface area contributed by atoms with E-state index in [0.717, 1.165) is 17.2 Å². The van der Waals surface area contributed by atoms with Gasteiger partial charge in [0.05, 0.1) is 11.9 Å². The number of hydrogen-bond acceptors (Lipinski definition) is 2. The van der Waals surface area contributed by atoms with Gasteiger partial charge in [-0.05, 0) is 53.6 Å². The van der Waals surface area contributed by atoms with Gasteiger partial charge in [-0.15, -0.1) is 0 Å². The highest BCUT2D eigenvalue weighted by Gasteiger charge is 2.27. The van der Waals surface area contributed by atoms with Gasteiger partial charge in [-0.3, -0.25) is 4.40 Å². The van der Waals surface area contributed by atoms with E-state index in [2.05, 4.69) is 10.3 Å². The molecule has 2 heterocycles. The minimum absolute atomic E-state index is 0.0978. The fraction of sp³-hybridized carbons (Fsp3) is 0.0909. The van der Waals surface area contributed by atoms with Crippen molar-refractivity contribution < 1.29 is 26.7 Å². The van der Waals surface area contributed by atoms with Crippen LogP contribution in [-0.4, -0.2) is 28.1 Å². The number of benzene rings is 2. The third-order valence-electron chi connectivity index (χ3n) is 4.64. The predicted molar refractivity (Wildman–Crippen MR) is 109 cm³/mol. The zero-order chi connectivity index (χ0) is 22.9. The van der Waals surface area contributed by atoms with Crippen LogP contribution in [0.1, 0.15) is 0 Å². The number of nitrogens with zero attached hydrogens (tertiary/aromatic N) is 2. The number of amides is 2. The maximum atomic E-state index is 14.5. The second-order valence-corrected chi connectivity index (χ2v) is 6.91. The number of carbonyl (C=O) groups is 1. The summed E-state index contributed by atoms with van der Waals surface area (Å²) < 4.78 is 66.0. The first-order valence-corrected chi connectivity index (χ1v) is 9.34. The van der Waals surface area contributed by atoms with E-state index >= 15 is 0 Å². The summed E-state index contributed by atoms with van der Waals surface area (Å²) in [6.45, 7) is -1.49. The summed E-state index contributed by atoms with van der Waals surface area (Å²) in [5.74, 6) is -0.954. The molecule has 0 saturated heterocycles. The predicted octanol–water partition coefficient (Wildman–Crippen LogP) is 5.63. The molecular weight excluding hydrogens is 431 g/mol. The van der Waals surface area contributed by atoms with Crippen LogP contribution in [-0.2, 0) is 0 Å². The first kappa shape index (κ1) is 21.3. The molecule has 2 aromatic carbocycles. The highest BCUT2D eigenvalue weighted by molar-refractivity contribution is 5.90. The summed E-state index contributed by atoms with van der Waals surface area (Å²) in [5.41, 5.74) is 2.65. The van der Waals surface area contributed by atoms with Gasteiger partial charge in [0.2, 0.25) is 0 Å². The van der Waals surface area contributed by atoms with Crippen LogP contribution in [0.15, 0.2) is 67.0 Å². The van der Waals surface area contributed by atoms with Crippen molar-refractivity contribution in [1.82, 2.24) is 14.7 Å². The lowest BCUT2D eigenvalue weighted by atomic mass is 10.1. The summed E-state index contributed by atoms with van der Waals surface area (Å²) in [7, 11) is 0. The van der Waals surface area contributed by atoms with Gasteiger partial charge in [0.25, 0.3) is 0 Å².